The van der Waals surface area contributed by atoms with E-state index in [1.807, 2.05) is 11.4 Å². The van der Waals surface area contributed by atoms with E-state index in [9.17, 15) is 0 Å². The standard InChI is InChI=1S/C12H26O3Si3/c1-7-11-17(9-3)13-16(5,6)14-18(10-4,15-17)12-8-2/h9-10H,3-4,7-8,11-12H2,1-2,5-6H3. The molecule has 0 aromatic heterocycles. The summed E-state index contributed by atoms with van der Waals surface area (Å²) in [5, 5.41) is 0. The Morgan fingerprint density at radius 1 is 0.833 bits per heavy atom. The Hall–Kier alpha value is 0.0106. The predicted molar refractivity (Wildman–Crippen MR) is 82.8 cm³/mol. The Morgan fingerprint density at radius 3 is 1.50 bits per heavy atom. The van der Waals surface area contributed by atoms with E-state index in [-0.39, 0.29) is 0 Å². The van der Waals surface area contributed by atoms with E-state index in [2.05, 4.69) is 40.1 Å². The number of rotatable bonds is 6. The number of hydrogen-bond acceptors (Lipinski definition) is 3. The molecular formula is C12H26O3Si3. The van der Waals surface area contributed by atoms with Crippen LogP contribution in [0.2, 0.25) is 25.2 Å². The first-order chi connectivity index (χ1) is 8.36. The molecule has 0 spiro atoms. The lowest BCUT2D eigenvalue weighted by molar-refractivity contribution is 0.234. The first kappa shape index (κ1) is 16.1. The van der Waals surface area contributed by atoms with Crippen molar-refractivity contribution >= 4 is 25.7 Å². The quantitative estimate of drug-likeness (QED) is 0.696. The molecule has 1 saturated heterocycles. The van der Waals surface area contributed by atoms with Crippen LogP contribution >= 0.6 is 0 Å². The van der Waals surface area contributed by atoms with Crippen molar-refractivity contribution in [3.8, 4) is 0 Å². The van der Waals surface area contributed by atoms with Gasteiger partial charge < -0.3 is 12.3 Å². The molecule has 1 aliphatic rings. The fourth-order valence-corrected chi connectivity index (χ4v) is 17.8. The maximum Gasteiger partial charge on any atom is 0.347 e. The van der Waals surface area contributed by atoms with Crippen molar-refractivity contribution < 1.29 is 12.3 Å². The van der Waals surface area contributed by atoms with Gasteiger partial charge in [-0.1, -0.05) is 38.1 Å². The van der Waals surface area contributed by atoms with Gasteiger partial charge in [-0.05, 0) is 25.2 Å². The maximum atomic E-state index is 6.41. The van der Waals surface area contributed by atoms with Crippen LogP contribution < -0.4 is 0 Å². The lowest BCUT2D eigenvalue weighted by atomic mass is 10.6. The Labute approximate surface area is 115 Å². The third-order valence-corrected chi connectivity index (χ3v) is 16.1. The molecule has 1 fully saturated rings. The Kier molecular flexibility index (Phi) is 5.33. The summed E-state index contributed by atoms with van der Waals surface area (Å²) in [6, 6.07) is 1.92. The van der Waals surface area contributed by atoms with Gasteiger partial charge >= 0.3 is 25.7 Å². The van der Waals surface area contributed by atoms with Gasteiger partial charge in [-0.3, -0.25) is 0 Å². The predicted octanol–water partition coefficient (Wildman–Crippen LogP) is 3.91. The van der Waals surface area contributed by atoms with Crippen LogP contribution in [-0.2, 0) is 12.3 Å². The summed E-state index contributed by atoms with van der Waals surface area (Å²) >= 11 is 0. The zero-order valence-corrected chi connectivity index (χ0v) is 15.1. The van der Waals surface area contributed by atoms with Gasteiger partial charge in [0.1, 0.15) is 0 Å². The average Bonchev–Trinajstić information content (AvgIpc) is 2.27. The normalized spacial score (nSPS) is 35.1. The van der Waals surface area contributed by atoms with E-state index in [1.54, 1.807) is 0 Å². The molecule has 6 heteroatoms. The molecule has 2 unspecified atom stereocenters. The number of hydrogen-bond donors (Lipinski definition) is 0. The van der Waals surface area contributed by atoms with Crippen LogP contribution in [0.1, 0.15) is 26.7 Å². The monoisotopic (exact) mass is 302 g/mol. The van der Waals surface area contributed by atoms with Gasteiger partial charge in [0.15, 0.2) is 0 Å². The zero-order valence-electron chi connectivity index (χ0n) is 12.1. The first-order valence-corrected chi connectivity index (χ1v) is 13.8. The molecule has 0 aromatic rings. The van der Waals surface area contributed by atoms with Gasteiger partial charge in [-0.25, -0.2) is 0 Å². The SMILES string of the molecule is C=C[Si]1(CCC)O[Si](C)(C)O[Si](C=C)(CCC)O1. The topological polar surface area (TPSA) is 27.7 Å². The van der Waals surface area contributed by atoms with Gasteiger partial charge in [0.25, 0.3) is 0 Å². The van der Waals surface area contributed by atoms with E-state index in [4.69, 9.17) is 12.3 Å². The van der Waals surface area contributed by atoms with Crippen LogP contribution in [0.15, 0.2) is 24.6 Å². The molecule has 0 aromatic carbocycles. The van der Waals surface area contributed by atoms with Crippen LogP contribution in [0.4, 0.5) is 0 Å². The fraction of sp³-hybridized carbons (Fsp3) is 0.667. The van der Waals surface area contributed by atoms with Crippen molar-refractivity contribution in [3.63, 3.8) is 0 Å². The lowest BCUT2D eigenvalue weighted by Gasteiger charge is -2.49. The van der Waals surface area contributed by atoms with Crippen molar-refractivity contribution in [2.24, 2.45) is 0 Å². The third-order valence-electron chi connectivity index (χ3n) is 3.00. The largest absolute Gasteiger partial charge is 0.413 e. The van der Waals surface area contributed by atoms with Gasteiger partial charge in [0.2, 0.25) is 0 Å². The van der Waals surface area contributed by atoms with E-state index in [0.717, 1.165) is 24.9 Å². The molecule has 3 nitrogen and oxygen atoms in total. The highest BCUT2D eigenvalue weighted by Crippen LogP contribution is 2.36. The van der Waals surface area contributed by atoms with Crippen LogP contribution in [0.25, 0.3) is 0 Å². The summed E-state index contributed by atoms with van der Waals surface area (Å²) in [6.45, 7) is 16.5. The first-order valence-electron chi connectivity index (χ1n) is 6.74. The highest BCUT2D eigenvalue weighted by Gasteiger charge is 2.56. The molecule has 2 atom stereocenters. The second-order valence-corrected chi connectivity index (χ2v) is 15.6. The molecular weight excluding hydrogens is 276 g/mol. The molecule has 0 bridgehead atoms. The fourth-order valence-electron chi connectivity index (χ4n) is 2.46. The van der Waals surface area contributed by atoms with Gasteiger partial charge in [0.05, 0.1) is 0 Å². The van der Waals surface area contributed by atoms with Gasteiger partial charge in [-0.2, -0.15) is 0 Å². The van der Waals surface area contributed by atoms with Crippen molar-refractivity contribution in [2.75, 3.05) is 0 Å². The van der Waals surface area contributed by atoms with Gasteiger partial charge in [0, 0.05) is 0 Å². The van der Waals surface area contributed by atoms with E-state index in [1.165, 1.54) is 0 Å². The molecule has 0 radical (unpaired) electrons. The van der Waals surface area contributed by atoms with E-state index < -0.39 is 25.7 Å². The Bertz CT molecular complexity index is 294. The van der Waals surface area contributed by atoms with Crippen LogP contribution in [0.3, 0.4) is 0 Å². The summed E-state index contributed by atoms with van der Waals surface area (Å²) in [6.07, 6.45) is 2.10. The van der Waals surface area contributed by atoms with Crippen molar-refractivity contribution in [1.29, 1.82) is 0 Å². The third kappa shape index (κ3) is 3.52. The van der Waals surface area contributed by atoms with Crippen LogP contribution in [0.5, 0.6) is 0 Å². The lowest BCUT2D eigenvalue weighted by Crippen LogP contribution is -2.67. The highest BCUT2D eigenvalue weighted by molar-refractivity contribution is 6.97. The van der Waals surface area contributed by atoms with Gasteiger partial charge in [-0.15, -0.1) is 13.2 Å². The molecule has 1 aliphatic heterocycles. The van der Waals surface area contributed by atoms with Crippen LogP contribution in [0, 0.1) is 0 Å². The summed E-state index contributed by atoms with van der Waals surface area (Å²) in [5.74, 6) is 0. The van der Waals surface area contributed by atoms with E-state index >= 15 is 0 Å². The summed E-state index contributed by atoms with van der Waals surface area (Å²) < 4.78 is 18.9. The summed E-state index contributed by atoms with van der Waals surface area (Å²) in [4.78, 5) is 0. The molecule has 1 heterocycles. The Morgan fingerprint density at radius 2 is 1.22 bits per heavy atom. The molecule has 1 rings (SSSR count). The smallest absolute Gasteiger partial charge is 0.347 e. The van der Waals surface area contributed by atoms with Crippen LogP contribution in [-0.4, -0.2) is 25.7 Å². The molecule has 0 N–H and O–H groups in total. The van der Waals surface area contributed by atoms with Crippen molar-refractivity contribution in [1.82, 2.24) is 0 Å². The van der Waals surface area contributed by atoms with E-state index in [0.29, 0.717) is 0 Å². The zero-order chi connectivity index (χ0) is 13.9. The minimum Gasteiger partial charge on any atom is -0.413 e. The minimum absolute atomic E-state index is 0.961. The van der Waals surface area contributed by atoms with Crippen molar-refractivity contribution in [3.05, 3.63) is 24.6 Å². The molecule has 0 amide bonds. The van der Waals surface area contributed by atoms with Crippen molar-refractivity contribution in [2.45, 2.75) is 51.9 Å². The molecule has 0 aliphatic carbocycles. The molecule has 104 valence electrons. The summed E-state index contributed by atoms with van der Waals surface area (Å²) in [7, 11) is -6.71. The molecule has 18 heavy (non-hydrogen) atoms. The average molecular weight is 303 g/mol. The second-order valence-electron chi connectivity index (χ2n) is 5.24. The second kappa shape index (κ2) is 5.98. The highest BCUT2D eigenvalue weighted by atomic mass is 28.5. The molecule has 0 saturated carbocycles. The maximum absolute atomic E-state index is 6.41. The Balaban J connectivity index is 3.09. The summed E-state index contributed by atoms with van der Waals surface area (Å²) in [5.41, 5.74) is 3.88. The minimum atomic E-state index is -2.29.